The first-order valence-corrected chi connectivity index (χ1v) is 14.6. The van der Waals surface area contributed by atoms with Gasteiger partial charge in [-0.3, -0.25) is 4.79 Å². The number of hydrogen-bond acceptors (Lipinski definition) is 7. The highest BCUT2D eigenvalue weighted by Gasteiger charge is 2.21. The smallest absolute Gasteiger partial charge is 0.291 e. The van der Waals surface area contributed by atoms with Crippen LogP contribution in [0.25, 0.3) is 40.1 Å². The normalized spacial score (nSPS) is 15.0. The molecule has 9 heteroatoms. The SMILES string of the molecule is CCOc1ccc(/C=C/c2nc3s/c(=C\c4cn(-c5ccccc5)nc4-c4ccc5c(c4)CC(C)O5)c(=O)n3n2)cc1. The molecule has 1 atom stereocenters. The quantitative estimate of drug-likeness (QED) is 0.253. The molecule has 8 nitrogen and oxygen atoms in total. The number of fused-ring (bicyclic) bond motifs is 2. The number of ether oxygens (including phenoxy) is 2. The zero-order valence-electron chi connectivity index (χ0n) is 23.1. The molecule has 0 saturated heterocycles. The Morgan fingerprint density at radius 1 is 1.05 bits per heavy atom. The lowest BCUT2D eigenvalue weighted by molar-refractivity contribution is 0.254. The summed E-state index contributed by atoms with van der Waals surface area (Å²) in [6.45, 7) is 4.65. The number of nitrogens with zero attached hydrogens (tertiary/aromatic N) is 5. The Labute approximate surface area is 245 Å². The summed E-state index contributed by atoms with van der Waals surface area (Å²) in [7, 11) is 0. The van der Waals surface area contributed by atoms with E-state index in [9.17, 15) is 4.79 Å². The van der Waals surface area contributed by atoms with Crippen molar-refractivity contribution in [1.29, 1.82) is 0 Å². The number of rotatable bonds is 7. The zero-order chi connectivity index (χ0) is 28.6. The van der Waals surface area contributed by atoms with Crippen LogP contribution in [0, 0.1) is 0 Å². The third-order valence-corrected chi connectivity index (χ3v) is 7.99. The third-order valence-electron chi connectivity index (χ3n) is 7.03. The number of aromatic nitrogens is 5. The highest BCUT2D eigenvalue weighted by molar-refractivity contribution is 7.15. The van der Waals surface area contributed by atoms with Crippen LogP contribution in [0.1, 0.15) is 36.4 Å². The van der Waals surface area contributed by atoms with Crippen molar-refractivity contribution in [3.8, 4) is 28.4 Å². The first-order chi connectivity index (χ1) is 20.5. The maximum absolute atomic E-state index is 13.4. The van der Waals surface area contributed by atoms with Gasteiger partial charge in [-0.1, -0.05) is 47.7 Å². The predicted octanol–water partition coefficient (Wildman–Crippen LogP) is 5.44. The van der Waals surface area contributed by atoms with Crippen molar-refractivity contribution in [3.63, 3.8) is 0 Å². The molecule has 208 valence electrons. The van der Waals surface area contributed by atoms with E-state index in [0.717, 1.165) is 51.6 Å². The first-order valence-electron chi connectivity index (χ1n) is 13.8. The second kappa shape index (κ2) is 10.8. The lowest BCUT2D eigenvalue weighted by atomic mass is 10.0. The van der Waals surface area contributed by atoms with Crippen LogP contribution < -0.4 is 19.6 Å². The van der Waals surface area contributed by atoms with Crippen molar-refractivity contribution in [1.82, 2.24) is 24.4 Å². The number of benzene rings is 3. The average Bonchev–Trinajstić information content (AvgIpc) is 3.77. The van der Waals surface area contributed by atoms with Crippen molar-refractivity contribution in [2.45, 2.75) is 26.4 Å². The molecule has 0 spiro atoms. The summed E-state index contributed by atoms with van der Waals surface area (Å²) in [5.74, 6) is 2.22. The van der Waals surface area contributed by atoms with Gasteiger partial charge in [0.15, 0.2) is 5.82 Å². The van der Waals surface area contributed by atoms with Crippen LogP contribution in [0.3, 0.4) is 0 Å². The zero-order valence-corrected chi connectivity index (χ0v) is 23.9. The summed E-state index contributed by atoms with van der Waals surface area (Å²) in [4.78, 5) is 18.5. The van der Waals surface area contributed by atoms with E-state index >= 15 is 0 Å². The van der Waals surface area contributed by atoms with Gasteiger partial charge in [-0.15, -0.1) is 5.10 Å². The molecule has 3 aromatic carbocycles. The van der Waals surface area contributed by atoms with E-state index < -0.39 is 0 Å². The molecule has 4 heterocycles. The van der Waals surface area contributed by atoms with Gasteiger partial charge in [0.2, 0.25) is 4.96 Å². The number of para-hydroxylation sites is 1. The van der Waals surface area contributed by atoms with E-state index in [0.29, 0.717) is 21.9 Å². The number of thiazole rings is 1. The molecule has 0 saturated carbocycles. The summed E-state index contributed by atoms with van der Waals surface area (Å²) < 4.78 is 15.2. The molecule has 0 N–H and O–H groups in total. The topological polar surface area (TPSA) is 83.5 Å². The molecule has 0 amide bonds. The van der Waals surface area contributed by atoms with Crippen LogP contribution in [-0.4, -0.2) is 37.1 Å². The van der Waals surface area contributed by atoms with Gasteiger partial charge in [0, 0.05) is 23.7 Å². The van der Waals surface area contributed by atoms with Crippen LogP contribution in [0.4, 0.5) is 0 Å². The fourth-order valence-electron chi connectivity index (χ4n) is 5.07. The minimum Gasteiger partial charge on any atom is -0.494 e. The van der Waals surface area contributed by atoms with Gasteiger partial charge in [-0.2, -0.15) is 14.6 Å². The van der Waals surface area contributed by atoms with Gasteiger partial charge >= 0.3 is 0 Å². The van der Waals surface area contributed by atoms with E-state index in [-0.39, 0.29) is 11.7 Å². The summed E-state index contributed by atoms with van der Waals surface area (Å²) in [6.07, 6.45) is 8.57. The highest BCUT2D eigenvalue weighted by atomic mass is 32.1. The van der Waals surface area contributed by atoms with Crippen LogP contribution in [0.5, 0.6) is 11.5 Å². The van der Waals surface area contributed by atoms with Gasteiger partial charge in [0.1, 0.15) is 23.3 Å². The van der Waals surface area contributed by atoms with Crippen molar-refractivity contribution >= 4 is 34.5 Å². The maximum Gasteiger partial charge on any atom is 0.291 e. The predicted molar refractivity (Wildman–Crippen MR) is 165 cm³/mol. The van der Waals surface area contributed by atoms with E-state index in [1.165, 1.54) is 15.9 Å². The first kappa shape index (κ1) is 25.9. The summed E-state index contributed by atoms with van der Waals surface area (Å²) >= 11 is 1.31. The molecule has 0 radical (unpaired) electrons. The summed E-state index contributed by atoms with van der Waals surface area (Å²) in [5, 5.41) is 9.39. The molecule has 6 aromatic rings. The van der Waals surface area contributed by atoms with Crippen LogP contribution >= 0.6 is 11.3 Å². The van der Waals surface area contributed by atoms with Gasteiger partial charge < -0.3 is 9.47 Å². The molecule has 1 aliphatic rings. The molecule has 42 heavy (non-hydrogen) atoms. The molecule has 1 aliphatic heterocycles. The monoisotopic (exact) mass is 573 g/mol. The molecule has 0 fully saturated rings. The summed E-state index contributed by atoms with van der Waals surface area (Å²) in [6, 6.07) is 23.9. The molecule has 0 bridgehead atoms. The fraction of sp³-hybridized carbons (Fsp3) is 0.152. The fourth-order valence-corrected chi connectivity index (χ4v) is 5.98. The molecule has 3 aromatic heterocycles. The highest BCUT2D eigenvalue weighted by Crippen LogP contribution is 2.34. The Morgan fingerprint density at radius 3 is 2.67 bits per heavy atom. The van der Waals surface area contributed by atoms with E-state index in [2.05, 4.69) is 23.1 Å². The molecule has 0 aliphatic carbocycles. The van der Waals surface area contributed by atoms with Crippen molar-refractivity contribution in [2.24, 2.45) is 0 Å². The molecular weight excluding hydrogens is 546 g/mol. The molecule has 1 unspecified atom stereocenters. The summed E-state index contributed by atoms with van der Waals surface area (Å²) in [5.41, 5.74) is 5.48. The Morgan fingerprint density at radius 2 is 1.88 bits per heavy atom. The molecular formula is C33H27N5O3S. The maximum atomic E-state index is 13.4. The van der Waals surface area contributed by atoms with Gasteiger partial charge in [0.05, 0.1) is 16.8 Å². The van der Waals surface area contributed by atoms with Gasteiger partial charge in [-0.25, -0.2) is 4.68 Å². The van der Waals surface area contributed by atoms with E-state index in [1.54, 1.807) is 6.08 Å². The van der Waals surface area contributed by atoms with E-state index in [4.69, 9.17) is 14.6 Å². The largest absolute Gasteiger partial charge is 0.494 e. The lowest BCUT2D eigenvalue weighted by Gasteiger charge is -2.04. The Balaban J connectivity index is 1.25. The van der Waals surface area contributed by atoms with Crippen LogP contribution in [0.15, 0.2) is 83.8 Å². The number of hydrogen-bond donors (Lipinski definition) is 0. The Kier molecular flexibility index (Phi) is 6.64. The lowest BCUT2D eigenvalue weighted by Crippen LogP contribution is -2.23. The van der Waals surface area contributed by atoms with Gasteiger partial charge in [0.25, 0.3) is 5.56 Å². The molecule has 7 rings (SSSR count). The van der Waals surface area contributed by atoms with Crippen molar-refractivity contribution in [3.05, 3.63) is 116 Å². The standard InChI is InChI=1S/C33H27N5O3S/c1-3-40-27-13-9-22(10-14-27)11-16-30-34-33-38(35-30)32(39)29(42-33)19-25-20-37(26-7-5-4-6-8-26)36-31(25)23-12-15-28-24(18-23)17-21(2)41-28/h4-16,18-21H,3,17H2,1-2H3/b16-11+,29-19-. The van der Waals surface area contributed by atoms with Crippen LogP contribution in [0.2, 0.25) is 0 Å². The Hall–Kier alpha value is -5.02. The van der Waals surface area contributed by atoms with Crippen molar-refractivity contribution in [2.75, 3.05) is 6.61 Å². The minimum atomic E-state index is -0.210. The Bertz CT molecular complexity index is 2040. The van der Waals surface area contributed by atoms with Crippen molar-refractivity contribution < 1.29 is 9.47 Å². The van der Waals surface area contributed by atoms with Gasteiger partial charge in [-0.05, 0) is 79.6 Å². The van der Waals surface area contributed by atoms with Crippen LogP contribution in [-0.2, 0) is 6.42 Å². The van der Waals surface area contributed by atoms with E-state index in [1.807, 2.05) is 96.7 Å². The third kappa shape index (κ3) is 4.99. The second-order valence-corrected chi connectivity index (χ2v) is 11.1. The minimum absolute atomic E-state index is 0.154. The second-order valence-electron chi connectivity index (χ2n) is 10.1. The average molecular weight is 574 g/mol.